The summed E-state index contributed by atoms with van der Waals surface area (Å²) < 4.78 is 20.6. The summed E-state index contributed by atoms with van der Waals surface area (Å²) in [5.41, 5.74) is 0.552. The number of rotatable bonds is 4. The molecule has 0 fully saturated rings. The molecule has 0 radical (unpaired) electrons. The predicted molar refractivity (Wildman–Crippen MR) is 65.3 cm³/mol. The van der Waals surface area contributed by atoms with Crippen molar-refractivity contribution < 1.29 is 23.4 Å². The van der Waals surface area contributed by atoms with Gasteiger partial charge in [-0.15, -0.1) is 0 Å². The van der Waals surface area contributed by atoms with Gasteiger partial charge in [0.2, 0.25) is 5.76 Å². The number of benzene rings is 1. The van der Waals surface area contributed by atoms with Gasteiger partial charge in [-0.25, -0.2) is 4.79 Å². The molecule has 1 heterocycles. The summed E-state index contributed by atoms with van der Waals surface area (Å²) in [4.78, 5) is 11.5. The minimum atomic E-state index is -0.480. The van der Waals surface area contributed by atoms with Crippen LogP contribution in [0.15, 0.2) is 22.6 Å². The molecule has 5 nitrogen and oxygen atoms in total. The Morgan fingerprint density at radius 2 is 1.83 bits per heavy atom. The van der Waals surface area contributed by atoms with Crippen molar-refractivity contribution in [3.05, 3.63) is 24.0 Å². The number of ether oxygens (including phenoxy) is 3. The van der Waals surface area contributed by atoms with Gasteiger partial charge in [-0.1, -0.05) is 0 Å². The quantitative estimate of drug-likeness (QED) is 0.781. The van der Waals surface area contributed by atoms with Crippen LogP contribution in [0.4, 0.5) is 0 Å². The van der Waals surface area contributed by atoms with Gasteiger partial charge in [-0.2, -0.15) is 0 Å². The third-order valence-corrected chi connectivity index (χ3v) is 2.50. The van der Waals surface area contributed by atoms with Gasteiger partial charge in [0.1, 0.15) is 5.58 Å². The van der Waals surface area contributed by atoms with Crippen molar-refractivity contribution in [1.29, 1.82) is 0 Å². The molecule has 0 bridgehead atoms. The lowest BCUT2D eigenvalue weighted by atomic mass is 10.2. The molecule has 1 aromatic carbocycles. The minimum Gasteiger partial charge on any atom is -0.493 e. The van der Waals surface area contributed by atoms with Crippen LogP contribution in [0.5, 0.6) is 11.5 Å². The lowest BCUT2D eigenvalue weighted by Gasteiger charge is -2.06. The Hall–Kier alpha value is -2.17. The Kier molecular flexibility index (Phi) is 3.41. The lowest BCUT2D eigenvalue weighted by Crippen LogP contribution is -2.02. The standard InChI is InChI=1S/C13H14O5/c1-4-17-13(14)12-6-8-5-10(15-2)11(16-3)7-9(8)18-12/h5-7H,4H2,1-3H3. The zero-order valence-electron chi connectivity index (χ0n) is 10.5. The highest BCUT2D eigenvalue weighted by Crippen LogP contribution is 2.33. The fourth-order valence-corrected chi connectivity index (χ4v) is 1.67. The van der Waals surface area contributed by atoms with Gasteiger partial charge in [0, 0.05) is 11.5 Å². The van der Waals surface area contributed by atoms with E-state index in [0.717, 1.165) is 5.39 Å². The fraction of sp³-hybridized carbons (Fsp3) is 0.308. The van der Waals surface area contributed by atoms with E-state index in [0.29, 0.717) is 23.7 Å². The first-order valence-corrected chi connectivity index (χ1v) is 5.52. The summed E-state index contributed by atoms with van der Waals surface area (Å²) in [5.74, 6) is 0.824. The SMILES string of the molecule is CCOC(=O)c1cc2cc(OC)c(OC)cc2o1. The summed E-state index contributed by atoms with van der Waals surface area (Å²) in [5, 5.41) is 0.760. The third-order valence-electron chi connectivity index (χ3n) is 2.50. The number of esters is 1. The average Bonchev–Trinajstić information content (AvgIpc) is 2.80. The molecule has 0 atom stereocenters. The molecule has 18 heavy (non-hydrogen) atoms. The van der Waals surface area contributed by atoms with E-state index in [1.807, 2.05) is 0 Å². The van der Waals surface area contributed by atoms with Crippen molar-refractivity contribution in [1.82, 2.24) is 0 Å². The number of hydrogen-bond acceptors (Lipinski definition) is 5. The van der Waals surface area contributed by atoms with E-state index in [4.69, 9.17) is 18.6 Å². The van der Waals surface area contributed by atoms with Crippen molar-refractivity contribution in [2.75, 3.05) is 20.8 Å². The van der Waals surface area contributed by atoms with E-state index < -0.39 is 5.97 Å². The maximum atomic E-state index is 11.5. The number of furan rings is 1. The van der Waals surface area contributed by atoms with E-state index in [2.05, 4.69) is 0 Å². The fourth-order valence-electron chi connectivity index (χ4n) is 1.67. The summed E-state index contributed by atoms with van der Waals surface area (Å²) in [7, 11) is 3.09. The van der Waals surface area contributed by atoms with Gasteiger partial charge >= 0.3 is 5.97 Å². The van der Waals surface area contributed by atoms with Crippen LogP contribution in [0.2, 0.25) is 0 Å². The van der Waals surface area contributed by atoms with Crippen molar-refractivity contribution in [2.24, 2.45) is 0 Å². The molecule has 2 aromatic rings. The molecule has 2 rings (SSSR count). The minimum absolute atomic E-state index is 0.169. The number of hydrogen-bond donors (Lipinski definition) is 0. The van der Waals surface area contributed by atoms with E-state index in [1.165, 1.54) is 0 Å². The highest BCUT2D eigenvalue weighted by Gasteiger charge is 2.15. The van der Waals surface area contributed by atoms with Gasteiger partial charge in [0.25, 0.3) is 0 Å². The van der Waals surface area contributed by atoms with Gasteiger partial charge in [-0.3, -0.25) is 0 Å². The predicted octanol–water partition coefficient (Wildman–Crippen LogP) is 2.63. The monoisotopic (exact) mass is 250 g/mol. The Balaban J connectivity index is 2.47. The second kappa shape index (κ2) is 5.00. The molecule has 0 spiro atoms. The molecule has 0 N–H and O–H groups in total. The van der Waals surface area contributed by atoms with E-state index in [9.17, 15) is 4.79 Å². The molecule has 5 heteroatoms. The molecular formula is C13H14O5. The second-order valence-electron chi connectivity index (χ2n) is 3.58. The van der Waals surface area contributed by atoms with Crippen molar-refractivity contribution >= 4 is 16.9 Å². The number of carbonyl (C=O) groups is 1. The van der Waals surface area contributed by atoms with Crippen molar-refractivity contribution in [3.63, 3.8) is 0 Å². The van der Waals surface area contributed by atoms with Gasteiger partial charge in [-0.05, 0) is 19.1 Å². The van der Waals surface area contributed by atoms with Gasteiger partial charge in [0.05, 0.1) is 20.8 Å². The lowest BCUT2D eigenvalue weighted by molar-refractivity contribution is 0.0492. The van der Waals surface area contributed by atoms with Crippen LogP contribution < -0.4 is 9.47 Å². The first-order chi connectivity index (χ1) is 8.69. The molecule has 0 saturated heterocycles. The van der Waals surface area contributed by atoms with Crippen LogP contribution in [-0.4, -0.2) is 26.8 Å². The molecule has 0 aliphatic rings. The van der Waals surface area contributed by atoms with Crippen LogP contribution in [0, 0.1) is 0 Å². The Labute approximate surface area is 104 Å². The van der Waals surface area contributed by atoms with Gasteiger partial charge < -0.3 is 18.6 Å². The van der Waals surface area contributed by atoms with Crippen molar-refractivity contribution in [2.45, 2.75) is 6.92 Å². The highest BCUT2D eigenvalue weighted by atomic mass is 16.5. The van der Waals surface area contributed by atoms with Crippen LogP contribution in [0.1, 0.15) is 17.5 Å². The Bertz CT molecular complexity index is 529. The second-order valence-corrected chi connectivity index (χ2v) is 3.58. The van der Waals surface area contributed by atoms with Crippen molar-refractivity contribution in [3.8, 4) is 11.5 Å². The zero-order valence-corrected chi connectivity index (χ0v) is 10.5. The summed E-state index contributed by atoms with van der Waals surface area (Å²) in [6.07, 6.45) is 0. The molecule has 0 aliphatic carbocycles. The Morgan fingerprint density at radius 1 is 1.17 bits per heavy atom. The summed E-state index contributed by atoms with van der Waals surface area (Å²) in [6, 6.07) is 5.05. The van der Waals surface area contributed by atoms with Crippen LogP contribution in [0.3, 0.4) is 0 Å². The van der Waals surface area contributed by atoms with E-state index >= 15 is 0 Å². The van der Waals surface area contributed by atoms with Crippen LogP contribution >= 0.6 is 0 Å². The molecule has 0 amide bonds. The largest absolute Gasteiger partial charge is 0.493 e. The maximum absolute atomic E-state index is 11.5. The normalized spacial score (nSPS) is 10.4. The molecule has 0 saturated carbocycles. The molecule has 0 unspecified atom stereocenters. The van der Waals surface area contributed by atoms with E-state index in [-0.39, 0.29) is 5.76 Å². The Morgan fingerprint density at radius 3 is 2.44 bits per heavy atom. The van der Waals surface area contributed by atoms with Gasteiger partial charge in [0.15, 0.2) is 11.5 Å². The number of carbonyl (C=O) groups excluding carboxylic acids is 1. The first-order valence-electron chi connectivity index (χ1n) is 5.52. The number of fused-ring (bicyclic) bond motifs is 1. The maximum Gasteiger partial charge on any atom is 0.374 e. The summed E-state index contributed by atoms with van der Waals surface area (Å²) in [6.45, 7) is 2.05. The van der Waals surface area contributed by atoms with Crippen LogP contribution in [-0.2, 0) is 4.74 Å². The third kappa shape index (κ3) is 2.11. The molecule has 96 valence electrons. The molecule has 0 aliphatic heterocycles. The average molecular weight is 250 g/mol. The molecule has 1 aromatic heterocycles. The van der Waals surface area contributed by atoms with Crippen LogP contribution in [0.25, 0.3) is 11.0 Å². The zero-order chi connectivity index (χ0) is 13.1. The molecular weight excluding hydrogens is 236 g/mol. The number of methoxy groups -OCH3 is 2. The highest BCUT2D eigenvalue weighted by molar-refractivity contribution is 5.93. The smallest absolute Gasteiger partial charge is 0.374 e. The topological polar surface area (TPSA) is 57.9 Å². The van der Waals surface area contributed by atoms with E-state index in [1.54, 1.807) is 39.3 Å². The first kappa shape index (κ1) is 12.3. The summed E-state index contributed by atoms with van der Waals surface area (Å²) >= 11 is 0.